The average molecular weight is 407 g/mol. The van der Waals surface area contributed by atoms with Crippen LogP contribution in [0.3, 0.4) is 0 Å². The molecule has 0 radical (unpaired) electrons. The lowest BCUT2D eigenvalue weighted by Gasteiger charge is -2.05. The fraction of sp³-hybridized carbons (Fsp3) is 0.250. The standard InChI is InChI=1S/C16H15BrN4O2S/c1-2-14-20-21-16(24-14)19-15(22)12(10-18)8-11-4-3-5-13(9-11)23-7-6-17/h3-5,8-9H,2,6-7H2,1H3,(H,19,21,22)/b12-8-. The first kappa shape index (κ1) is 18.1. The SMILES string of the molecule is CCc1nnc(NC(=O)/C(C#N)=C\c2cccc(OCCBr)c2)s1. The summed E-state index contributed by atoms with van der Waals surface area (Å²) < 4.78 is 5.51. The van der Waals surface area contributed by atoms with Crippen molar-refractivity contribution in [3.63, 3.8) is 0 Å². The number of alkyl halides is 1. The molecular weight excluding hydrogens is 392 g/mol. The lowest BCUT2D eigenvalue weighted by Crippen LogP contribution is -2.13. The van der Waals surface area contributed by atoms with Gasteiger partial charge in [0.15, 0.2) is 0 Å². The molecule has 0 saturated carbocycles. The summed E-state index contributed by atoms with van der Waals surface area (Å²) in [4.78, 5) is 12.2. The van der Waals surface area contributed by atoms with Crippen molar-refractivity contribution in [3.8, 4) is 11.8 Å². The van der Waals surface area contributed by atoms with E-state index in [0.717, 1.165) is 16.8 Å². The molecule has 0 bridgehead atoms. The number of nitriles is 1. The normalized spacial score (nSPS) is 11.0. The minimum Gasteiger partial charge on any atom is -0.493 e. The average Bonchev–Trinajstić information content (AvgIpc) is 3.05. The molecule has 2 rings (SSSR count). The van der Waals surface area contributed by atoms with Gasteiger partial charge in [0.05, 0.1) is 6.61 Å². The van der Waals surface area contributed by atoms with Gasteiger partial charge in [0.25, 0.3) is 5.91 Å². The Hall–Kier alpha value is -2.24. The minimum atomic E-state index is -0.511. The molecule has 6 nitrogen and oxygen atoms in total. The number of aryl methyl sites for hydroxylation is 1. The maximum absolute atomic E-state index is 12.2. The van der Waals surface area contributed by atoms with Gasteiger partial charge in [-0.15, -0.1) is 10.2 Å². The van der Waals surface area contributed by atoms with Crippen molar-refractivity contribution in [2.75, 3.05) is 17.3 Å². The van der Waals surface area contributed by atoms with Crippen LogP contribution >= 0.6 is 27.3 Å². The van der Waals surface area contributed by atoms with E-state index in [0.29, 0.717) is 23.1 Å². The Kier molecular flexibility index (Phi) is 6.90. The number of carbonyl (C=O) groups is 1. The Morgan fingerprint density at radius 1 is 1.50 bits per heavy atom. The van der Waals surface area contributed by atoms with Crippen molar-refractivity contribution in [2.24, 2.45) is 0 Å². The van der Waals surface area contributed by atoms with Crippen molar-refractivity contribution in [1.82, 2.24) is 10.2 Å². The third-order valence-corrected chi connectivity index (χ3v) is 4.18. The number of aromatic nitrogens is 2. The van der Waals surface area contributed by atoms with Crippen LogP contribution in [0.4, 0.5) is 5.13 Å². The lowest BCUT2D eigenvalue weighted by molar-refractivity contribution is -0.112. The molecule has 0 aliphatic carbocycles. The molecular formula is C16H15BrN4O2S. The number of benzene rings is 1. The van der Waals surface area contributed by atoms with Gasteiger partial charge < -0.3 is 4.74 Å². The first-order valence-electron chi connectivity index (χ1n) is 7.20. The zero-order valence-corrected chi connectivity index (χ0v) is 15.4. The first-order valence-corrected chi connectivity index (χ1v) is 9.14. The van der Waals surface area contributed by atoms with Crippen molar-refractivity contribution in [2.45, 2.75) is 13.3 Å². The highest BCUT2D eigenvalue weighted by atomic mass is 79.9. The third kappa shape index (κ3) is 5.15. The van der Waals surface area contributed by atoms with Gasteiger partial charge in [0, 0.05) is 5.33 Å². The maximum Gasteiger partial charge on any atom is 0.268 e. The van der Waals surface area contributed by atoms with E-state index in [9.17, 15) is 10.1 Å². The monoisotopic (exact) mass is 406 g/mol. The summed E-state index contributed by atoms with van der Waals surface area (Å²) in [6, 6.07) is 9.10. The molecule has 0 aliphatic rings. The molecule has 1 heterocycles. The molecule has 0 saturated heterocycles. The highest BCUT2D eigenvalue weighted by Gasteiger charge is 2.12. The van der Waals surface area contributed by atoms with Crippen molar-refractivity contribution in [3.05, 3.63) is 40.4 Å². The third-order valence-electron chi connectivity index (χ3n) is 2.87. The van der Waals surface area contributed by atoms with E-state index in [1.807, 2.05) is 19.1 Å². The van der Waals surface area contributed by atoms with Crippen LogP contribution in [0.25, 0.3) is 6.08 Å². The molecule has 1 amide bonds. The molecule has 1 aromatic carbocycles. The molecule has 0 unspecified atom stereocenters. The molecule has 0 aliphatic heterocycles. The zero-order chi connectivity index (χ0) is 17.4. The molecule has 1 aromatic heterocycles. The van der Waals surface area contributed by atoms with Gasteiger partial charge in [-0.1, -0.05) is 46.3 Å². The number of carbonyl (C=O) groups excluding carboxylic acids is 1. The Balaban J connectivity index is 2.13. The van der Waals surface area contributed by atoms with Crippen molar-refractivity contribution in [1.29, 1.82) is 5.26 Å². The van der Waals surface area contributed by atoms with Crippen LogP contribution in [0, 0.1) is 11.3 Å². The van der Waals surface area contributed by atoms with Gasteiger partial charge in [0.1, 0.15) is 22.4 Å². The van der Waals surface area contributed by atoms with E-state index >= 15 is 0 Å². The van der Waals surface area contributed by atoms with Gasteiger partial charge in [-0.05, 0) is 30.2 Å². The molecule has 0 atom stereocenters. The molecule has 124 valence electrons. The van der Waals surface area contributed by atoms with Crippen LogP contribution < -0.4 is 10.1 Å². The number of hydrogen-bond donors (Lipinski definition) is 1. The quantitative estimate of drug-likeness (QED) is 0.432. The number of nitrogens with zero attached hydrogens (tertiary/aromatic N) is 3. The van der Waals surface area contributed by atoms with Crippen LogP contribution in [0.2, 0.25) is 0 Å². The predicted molar refractivity (Wildman–Crippen MR) is 97.2 cm³/mol. The highest BCUT2D eigenvalue weighted by molar-refractivity contribution is 9.09. The fourth-order valence-electron chi connectivity index (χ4n) is 1.78. The Morgan fingerprint density at radius 2 is 2.33 bits per heavy atom. The maximum atomic E-state index is 12.2. The molecule has 8 heteroatoms. The van der Waals surface area contributed by atoms with E-state index < -0.39 is 5.91 Å². The van der Waals surface area contributed by atoms with E-state index in [2.05, 4.69) is 31.4 Å². The summed E-state index contributed by atoms with van der Waals surface area (Å²) in [7, 11) is 0. The molecule has 1 N–H and O–H groups in total. The smallest absolute Gasteiger partial charge is 0.268 e. The number of anilines is 1. The fourth-order valence-corrected chi connectivity index (χ4v) is 2.61. The summed E-state index contributed by atoms with van der Waals surface area (Å²) in [5, 5.41) is 21.6. The summed E-state index contributed by atoms with van der Waals surface area (Å²) in [5.74, 6) is 0.167. The van der Waals surface area contributed by atoms with Gasteiger partial charge in [-0.3, -0.25) is 10.1 Å². The van der Waals surface area contributed by atoms with Crippen LogP contribution in [0.1, 0.15) is 17.5 Å². The Bertz CT molecular complexity index is 782. The molecule has 2 aromatic rings. The van der Waals surface area contributed by atoms with Gasteiger partial charge >= 0.3 is 0 Å². The second-order valence-corrected chi connectivity index (χ2v) is 6.44. The topological polar surface area (TPSA) is 87.9 Å². The number of hydrogen-bond acceptors (Lipinski definition) is 6. The zero-order valence-electron chi connectivity index (χ0n) is 13.0. The van der Waals surface area contributed by atoms with Crippen LogP contribution in [0.5, 0.6) is 5.75 Å². The van der Waals surface area contributed by atoms with Gasteiger partial charge in [-0.25, -0.2) is 0 Å². The van der Waals surface area contributed by atoms with E-state index in [4.69, 9.17) is 4.74 Å². The lowest BCUT2D eigenvalue weighted by atomic mass is 10.1. The predicted octanol–water partition coefficient (Wildman–Crippen LogP) is 3.42. The molecule has 24 heavy (non-hydrogen) atoms. The summed E-state index contributed by atoms with van der Waals surface area (Å²) in [6.07, 6.45) is 2.26. The van der Waals surface area contributed by atoms with Crippen LogP contribution in [-0.4, -0.2) is 28.0 Å². The summed E-state index contributed by atoms with van der Waals surface area (Å²) in [5.41, 5.74) is 0.696. The Morgan fingerprint density at radius 3 is 3.00 bits per heavy atom. The number of nitrogens with one attached hydrogen (secondary N) is 1. The van der Waals surface area contributed by atoms with Crippen molar-refractivity contribution < 1.29 is 9.53 Å². The highest BCUT2D eigenvalue weighted by Crippen LogP contribution is 2.18. The Labute approximate surface area is 152 Å². The molecule has 0 fully saturated rings. The number of rotatable bonds is 7. The van der Waals surface area contributed by atoms with Crippen LogP contribution in [-0.2, 0) is 11.2 Å². The summed E-state index contributed by atoms with van der Waals surface area (Å²) in [6.45, 7) is 2.49. The number of amides is 1. The largest absolute Gasteiger partial charge is 0.493 e. The van der Waals surface area contributed by atoms with E-state index in [1.54, 1.807) is 18.2 Å². The number of ether oxygens (including phenoxy) is 1. The second-order valence-electron chi connectivity index (χ2n) is 4.59. The first-order chi connectivity index (χ1) is 11.7. The number of halogens is 1. The summed E-state index contributed by atoms with van der Waals surface area (Å²) >= 11 is 4.58. The van der Waals surface area contributed by atoms with E-state index in [1.165, 1.54) is 17.4 Å². The second kappa shape index (κ2) is 9.15. The molecule has 0 spiro atoms. The van der Waals surface area contributed by atoms with Crippen LogP contribution in [0.15, 0.2) is 29.8 Å². The van der Waals surface area contributed by atoms with Gasteiger partial charge in [0.2, 0.25) is 5.13 Å². The van der Waals surface area contributed by atoms with Gasteiger partial charge in [-0.2, -0.15) is 5.26 Å². The van der Waals surface area contributed by atoms with E-state index in [-0.39, 0.29) is 5.57 Å². The minimum absolute atomic E-state index is 0.0131. The van der Waals surface area contributed by atoms with Crippen molar-refractivity contribution >= 4 is 44.4 Å².